The van der Waals surface area contributed by atoms with Crippen LogP contribution in [0, 0.1) is 23.6 Å². The zero-order valence-corrected chi connectivity index (χ0v) is 12.4. The van der Waals surface area contributed by atoms with Gasteiger partial charge in [0.25, 0.3) is 5.91 Å². The van der Waals surface area contributed by atoms with Crippen molar-refractivity contribution in [2.24, 2.45) is 17.8 Å². The highest BCUT2D eigenvalue weighted by atomic mass is 19.1. The van der Waals surface area contributed by atoms with Gasteiger partial charge < -0.3 is 10.1 Å². The average Bonchev–Trinajstić information content (AvgIpc) is 3.10. The zero-order valence-electron chi connectivity index (χ0n) is 12.4. The second-order valence-corrected chi connectivity index (χ2v) is 6.35. The molecule has 0 heterocycles. The summed E-state index contributed by atoms with van der Waals surface area (Å²) >= 11 is 0. The van der Waals surface area contributed by atoms with Crippen LogP contribution in [0.25, 0.3) is 0 Å². The van der Waals surface area contributed by atoms with E-state index in [1.807, 2.05) is 0 Å². The van der Waals surface area contributed by atoms with E-state index in [-0.39, 0.29) is 18.4 Å². The van der Waals surface area contributed by atoms with E-state index in [1.54, 1.807) is 0 Å². The molecule has 2 aliphatic rings. The van der Waals surface area contributed by atoms with E-state index in [9.17, 15) is 14.0 Å². The Bertz CT molecular complexity index is 558. The maximum absolute atomic E-state index is 12.8. The van der Waals surface area contributed by atoms with E-state index < -0.39 is 5.91 Å². The van der Waals surface area contributed by atoms with Crippen molar-refractivity contribution in [3.63, 3.8) is 0 Å². The van der Waals surface area contributed by atoms with Crippen LogP contribution in [0.2, 0.25) is 0 Å². The van der Waals surface area contributed by atoms with Gasteiger partial charge in [0.05, 0.1) is 0 Å². The molecule has 3 atom stereocenters. The predicted octanol–water partition coefficient (Wildman–Crippen LogP) is 3.13. The molecule has 2 fully saturated rings. The molecule has 1 amide bonds. The number of halogens is 1. The van der Waals surface area contributed by atoms with Crippen LogP contribution >= 0.6 is 0 Å². The minimum atomic E-state index is -0.409. The molecule has 2 bridgehead atoms. The molecular weight excluding hydrogens is 285 g/mol. The number of anilines is 1. The number of hydrogen-bond donors (Lipinski definition) is 1. The SMILES string of the molecule is O=C(COC(=O)C[C@@H]1C[C@@H]2CC[C@H]1C2)Nc1ccc(F)cc1. The Labute approximate surface area is 129 Å². The number of ether oxygens (including phenoxy) is 1. The maximum atomic E-state index is 12.8. The molecule has 0 aliphatic heterocycles. The molecule has 0 aromatic heterocycles. The van der Waals surface area contributed by atoms with Gasteiger partial charge >= 0.3 is 5.97 Å². The topological polar surface area (TPSA) is 55.4 Å². The van der Waals surface area contributed by atoms with Gasteiger partial charge in [-0.15, -0.1) is 0 Å². The first kappa shape index (κ1) is 15.0. The molecule has 1 aromatic carbocycles. The maximum Gasteiger partial charge on any atom is 0.306 e. The molecule has 118 valence electrons. The van der Waals surface area contributed by atoms with E-state index in [1.165, 1.54) is 43.5 Å². The summed E-state index contributed by atoms with van der Waals surface area (Å²) in [6.07, 6.45) is 5.33. The Balaban J connectivity index is 1.39. The van der Waals surface area contributed by atoms with Gasteiger partial charge in [-0.2, -0.15) is 0 Å². The Morgan fingerprint density at radius 1 is 1.18 bits per heavy atom. The summed E-state index contributed by atoms with van der Waals surface area (Å²) in [5.41, 5.74) is 0.482. The molecule has 0 saturated heterocycles. The summed E-state index contributed by atoms with van der Waals surface area (Å²) in [5, 5.41) is 2.56. The number of carbonyl (C=O) groups excluding carboxylic acids is 2. The van der Waals surface area contributed by atoms with Crippen molar-refractivity contribution in [1.29, 1.82) is 0 Å². The number of hydrogen-bond acceptors (Lipinski definition) is 3. The number of rotatable bonds is 5. The largest absolute Gasteiger partial charge is 0.456 e. The third kappa shape index (κ3) is 3.64. The van der Waals surface area contributed by atoms with Crippen LogP contribution in [-0.2, 0) is 14.3 Å². The summed E-state index contributed by atoms with van der Waals surface area (Å²) in [5.74, 6) is 0.830. The fourth-order valence-electron chi connectivity index (χ4n) is 3.78. The van der Waals surface area contributed by atoms with Crippen molar-refractivity contribution in [3.05, 3.63) is 30.1 Å². The molecule has 2 aliphatic carbocycles. The number of carbonyl (C=O) groups is 2. The Morgan fingerprint density at radius 3 is 2.59 bits per heavy atom. The normalized spacial score (nSPS) is 26.0. The molecule has 0 radical (unpaired) electrons. The van der Waals surface area contributed by atoms with E-state index >= 15 is 0 Å². The van der Waals surface area contributed by atoms with Crippen LogP contribution in [0.3, 0.4) is 0 Å². The molecule has 2 saturated carbocycles. The summed E-state index contributed by atoms with van der Waals surface area (Å²) in [4.78, 5) is 23.5. The smallest absolute Gasteiger partial charge is 0.306 e. The lowest BCUT2D eigenvalue weighted by molar-refractivity contribution is -0.148. The molecule has 1 N–H and O–H groups in total. The predicted molar refractivity (Wildman–Crippen MR) is 79.5 cm³/mol. The van der Waals surface area contributed by atoms with Crippen LogP contribution in [-0.4, -0.2) is 18.5 Å². The second kappa shape index (κ2) is 6.46. The van der Waals surface area contributed by atoms with Gasteiger partial charge in [-0.25, -0.2) is 4.39 Å². The first-order valence-corrected chi connectivity index (χ1v) is 7.81. The molecule has 5 heteroatoms. The lowest BCUT2D eigenvalue weighted by Crippen LogP contribution is -2.23. The highest BCUT2D eigenvalue weighted by molar-refractivity contribution is 5.92. The molecular formula is C17H20FNO3. The van der Waals surface area contributed by atoms with Crippen molar-refractivity contribution in [2.75, 3.05) is 11.9 Å². The number of benzene rings is 1. The zero-order chi connectivity index (χ0) is 15.5. The van der Waals surface area contributed by atoms with Crippen LogP contribution in [0.1, 0.15) is 32.1 Å². The number of esters is 1. The van der Waals surface area contributed by atoms with Crippen LogP contribution in [0.15, 0.2) is 24.3 Å². The molecule has 1 aromatic rings. The highest BCUT2D eigenvalue weighted by Crippen LogP contribution is 2.49. The monoisotopic (exact) mass is 305 g/mol. The van der Waals surface area contributed by atoms with Gasteiger partial charge in [0, 0.05) is 12.1 Å². The number of nitrogens with one attached hydrogen (secondary N) is 1. The lowest BCUT2D eigenvalue weighted by Gasteiger charge is -2.20. The molecule has 22 heavy (non-hydrogen) atoms. The van der Waals surface area contributed by atoms with E-state index in [4.69, 9.17) is 4.74 Å². The Morgan fingerprint density at radius 2 is 1.95 bits per heavy atom. The molecule has 3 rings (SSSR count). The van der Waals surface area contributed by atoms with Crippen molar-refractivity contribution < 1.29 is 18.7 Å². The van der Waals surface area contributed by atoms with Gasteiger partial charge in [-0.3, -0.25) is 9.59 Å². The van der Waals surface area contributed by atoms with E-state index in [0.717, 1.165) is 12.3 Å². The molecule has 0 spiro atoms. The van der Waals surface area contributed by atoms with Crippen LogP contribution in [0.4, 0.5) is 10.1 Å². The molecule has 4 nitrogen and oxygen atoms in total. The van der Waals surface area contributed by atoms with Gasteiger partial charge in [0.2, 0.25) is 0 Å². The van der Waals surface area contributed by atoms with Gasteiger partial charge in [0.1, 0.15) is 5.82 Å². The fraction of sp³-hybridized carbons (Fsp3) is 0.529. The summed E-state index contributed by atoms with van der Waals surface area (Å²) in [6.45, 7) is -0.295. The first-order chi connectivity index (χ1) is 10.6. The first-order valence-electron chi connectivity index (χ1n) is 7.81. The van der Waals surface area contributed by atoms with Gasteiger partial charge in [-0.1, -0.05) is 6.42 Å². The average molecular weight is 305 g/mol. The minimum Gasteiger partial charge on any atom is -0.456 e. The second-order valence-electron chi connectivity index (χ2n) is 6.35. The van der Waals surface area contributed by atoms with Crippen molar-refractivity contribution in [3.8, 4) is 0 Å². The fourth-order valence-corrected chi connectivity index (χ4v) is 3.78. The van der Waals surface area contributed by atoms with Crippen LogP contribution in [0.5, 0.6) is 0 Å². The van der Waals surface area contributed by atoms with E-state index in [0.29, 0.717) is 23.9 Å². The number of fused-ring (bicyclic) bond motifs is 2. The van der Waals surface area contributed by atoms with Crippen molar-refractivity contribution in [2.45, 2.75) is 32.1 Å². The highest BCUT2D eigenvalue weighted by Gasteiger charge is 2.40. The van der Waals surface area contributed by atoms with Gasteiger partial charge in [0.15, 0.2) is 6.61 Å². The van der Waals surface area contributed by atoms with Crippen molar-refractivity contribution in [1.82, 2.24) is 0 Å². The molecule has 0 unspecified atom stereocenters. The van der Waals surface area contributed by atoms with Crippen LogP contribution < -0.4 is 5.32 Å². The minimum absolute atomic E-state index is 0.295. The summed E-state index contributed by atoms with van der Waals surface area (Å²) in [7, 11) is 0. The Kier molecular flexibility index (Phi) is 4.41. The quantitative estimate of drug-likeness (QED) is 0.850. The summed E-state index contributed by atoms with van der Waals surface area (Å²) < 4.78 is 17.8. The van der Waals surface area contributed by atoms with E-state index in [2.05, 4.69) is 5.32 Å². The lowest BCUT2D eigenvalue weighted by atomic mass is 9.86. The number of amides is 1. The third-order valence-corrected chi connectivity index (χ3v) is 4.81. The standard InChI is InChI=1S/C17H20FNO3/c18-14-3-5-15(6-4-14)19-16(20)10-22-17(21)9-13-8-11-1-2-12(13)7-11/h3-6,11-13H,1-2,7-10H2,(H,19,20)/t11-,12+,13+/m1/s1. The third-order valence-electron chi connectivity index (χ3n) is 4.81. The van der Waals surface area contributed by atoms with Crippen molar-refractivity contribution >= 4 is 17.6 Å². The van der Waals surface area contributed by atoms with Gasteiger partial charge in [-0.05, 0) is 61.3 Å². The summed E-state index contributed by atoms with van der Waals surface area (Å²) in [6, 6.07) is 5.45. The Hall–Kier alpha value is -1.91.